The lowest BCUT2D eigenvalue weighted by Crippen LogP contribution is -2.29. The second-order valence-corrected chi connectivity index (χ2v) is 5.01. The minimum Gasteiger partial charge on any atom is -0.330 e. The Balaban J connectivity index is 1.95. The van der Waals surface area contributed by atoms with E-state index in [1.54, 1.807) is 0 Å². The van der Waals surface area contributed by atoms with Crippen molar-refractivity contribution < 1.29 is 0 Å². The molecule has 0 radical (unpaired) electrons. The minimum absolute atomic E-state index is 0.677. The van der Waals surface area contributed by atoms with Crippen LogP contribution in [0, 0.1) is 11.8 Å². The van der Waals surface area contributed by atoms with Gasteiger partial charge in [-0.2, -0.15) is 0 Å². The largest absolute Gasteiger partial charge is 0.330 e. The van der Waals surface area contributed by atoms with Gasteiger partial charge in [0, 0.05) is 0 Å². The molecule has 2 heteroatoms. The van der Waals surface area contributed by atoms with Crippen molar-refractivity contribution >= 4 is 0 Å². The van der Waals surface area contributed by atoms with Gasteiger partial charge in [0.1, 0.15) is 0 Å². The molecule has 0 aromatic rings. The van der Waals surface area contributed by atoms with Gasteiger partial charge in [-0.05, 0) is 37.9 Å². The van der Waals surface area contributed by atoms with Crippen LogP contribution in [0.1, 0.15) is 51.9 Å². The van der Waals surface area contributed by atoms with Crippen LogP contribution in [0.4, 0.5) is 0 Å². The van der Waals surface area contributed by atoms with Gasteiger partial charge in [-0.25, -0.2) is 0 Å². The SMILES string of the molecule is CCC(CN)CNCCC1CCCCC1. The second-order valence-electron chi connectivity index (χ2n) is 5.01. The number of hydrogen-bond donors (Lipinski definition) is 2. The van der Waals surface area contributed by atoms with E-state index in [0.717, 1.165) is 19.0 Å². The molecule has 3 N–H and O–H groups in total. The molecule has 0 aliphatic heterocycles. The van der Waals surface area contributed by atoms with Crippen LogP contribution < -0.4 is 11.1 Å². The molecule has 0 spiro atoms. The molecule has 1 unspecified atom stereocenters. The third-order valence-electron chi connectivity index (χ3n) is 3.80. The van der Waals surface area contributed by atoms with Gasteiger partial charge in [-0.3, -0.25) is 0 Å². The van der Waals surface area contributed by atoms with Gasteiger partial charge in [0.15, 0.2) is 0 Å². The summed E-state index contributed by atoms with van der Waals surface area (Å²) in [5.74, 6) is 1.68. The summed E-state index contributed by atoms with van der Waals surface area (Å²) in [5.41, 5.74) is 5.67. The molecule has 1 aliphatic rings. The highest BCUT2D eigenvalue weighted by Gasteiger charge is 2.12. The fraction of sp³-hybridized carbons (Fsp3) is 1.00. The van der Waals surface area contributed by atoms with Crippen molar-refractivity contribution in [2.75, 3.05) is 19.6 Å². The summed E-state index contributed by atoms with van der Waals surface area (Å²) in [6.07, 6.45) is 9.91. The molecule has 1 aliphatic carbocycles. The van der Waals surface area contributed by atoms with E-state index in [1.165, 1.54) is 51.5 Å². The summed E-state index contributed by atoms with van der Waals surface area (Å²) in [5, 5.41) is 3.55. The van der Waals surface area contributed by atoms with E-state index in [1.807, 2.05) is 0 Å². The molecule has 15 heavy (non-hydrogen) atoms. The van der Waals surface area contributed by atoms with Crippen molar-refractivity contribution in [3.63, 3.8) is 0 Å². The fourth-order valence-corrected chi connectivity index (χ4v) is 2.48. The van der Waals surface area contributed by atoms with Crippen LogP contribution in [0.25, 0.3) is 0 Å². The molecule has 1 rings (SSSR count). The predicted molar refractivity (Wildman–Crippen MR) is 66.9 cm³/mol. The van der Waals surface area contributed by atoms with Crippen molar-refractivity contribution in [2.24, 2.45) is 17.6 Å². The summed E-state index contributed by atoms with van der Waals surface area (Å²) in [6, 6.07) is 0. The molecule has 0 bridgehead atoms. The molecule has 0 aromatic carbocycles. The van der Waals surface area contributed by atoms with Crippen LogP contribution in [0.5, 0.6) is 0 Å². The topological polar surface area (TPSA) is 38.0 Å². The van der Waals surface area contributed by atoms with E-state index in [-0.39, 0.29) is 0 Å². The normalized spacial score (nSPS) is 20.4. The zero-order valence-electron chi connectivity index (χ0n) is 10.3. The molecule has 0 saturated heterocycles. The van der Waals surface area contributed by atoms with Crippen molar-refractivity contribution in [2.45, 2.75) is 51.9 Å². The van der Waals surface area contributed by atoms with E-state index in [9.17, 15) is 0 Å². The van der Waals surface area contributed by atoms with Gasteiger partial charge in [0.25, 0.3) is 0 Å². The fourth-order valence-electron chi connectivity index (χ4n) is 2.48. The highest BCUT2D eigenvalue weighted by atomic mass is 14.9. The first-order valence-corrected chi connectivity index (χ1v) is 6.77. The second kappa shape index (κ2) is 8.12. The quantitative estimate of drug-likeness (QED) is 0.636. The zero-order valence-corrected chi connectivity index (χ0v) is 10.3. The van der Waals surface area contributed by atoms with Crippen molar-refractivity contribution in [3.8, 4) is 0 Å². The van der Waals surface area contributed by atoms with Gasteiger partial charge in [0.05, 0.1) is 0 Å². The van der Waals surface area contributed by atoms with Crippen LogP contribution in [-0.2, 0) is 0 Å². The van der Waals surface area contributed by atoms with Crippen LogP contribution in [0.15, 0.2) is 0 Å². The molecule has 1 atom stereocenters. The third kappa shape index (κ3) is 5.53. The third-order valence-corrected chi connectivity index (χ3v) is 3.80. The Labute approximate surface area is 95.0 Å². The monoisotopic (exact) mass is 212 g/mol. The van der Waals surface area contributed by atoms with Gasteiger partial charge in [-0.15, -0.1) is 0 Å². The Morgan fingerprint density at radius 1 is 1.27 bits per heavy atom. The number of hydrogen-bond acceptors (Lipinski definition) is 2. The number of nitrogens with one attached hydrogen (secondary N) is 1. The molecular weight excluding hydrogens is 184 g/mol. The summed E-state index contributed by atoms with van der Waals surface area (Å²) < 4.78 is 0. The Kier molecular flexibility index (Phi) is 7.03. The maximum atomic E-state index is 5.67. The molecule has 0 amide bonds. The van der Waals surface area contributed by atoms with E-state index in [4.69, 9.17) is 5.73 Å². The summed E-state index contributed by atoms with van der Waals surface area (Å²) >= 11 is 0. The van der Waals surface area contributed by atoms with Gasteiger partial charge >= 0.3 is 0 Å². The van der Waals surface area contributed by atoms with E-state index in [2.05, 4.69) is 12.2 Å². The molecular formula is C13H28N2. The van der Waals surface area contributed by atoms with Gasteiger partial charge in [-0.1, -0.05) is 45.4 Å². The summed E-state index contributed by atoms with van der Waals surface area (Å²) in [6.45, 7) is 5.36. The van der Waals surface area contributed by atoms with Gasteiger partial charge < -0.3 is 11.1 Å². The lowest BCUT2D eigenvalue weighted by Gasteiger charge is -2.22. The first-order chi connectivity index (χ1) is 7.36. The first-order valence-electron chi connectivity index (χ1n) is 6.77. The first kappa shape index (κ1) is 13.0. The van der Waals surface area contributed by atoms with Crippen LogP contribution in [0.3, 0.4) is 0 Å². The average Bonchev–Trinajstić information content (AvgIpc) is 2.31. The van der Waals surface area contributed by atoms with Crippen LogP contribution >= 0.6 is 0 Å². The summed E-state index contributed by atoms with van der Waals surface area (Å²) in [4.78, 5) is 0. The summed E-state index contributed by atoms with van der Waals surface area (Å²) in [7, 11) is 0. The molecule has 0 heterocycles. The van der Waals surface area contributed by atoms with Crippen molar-refractivity contribution in [1.29, 1.82) is 0 Å². The Morgan fingerprint density at radius 3 is 2.60 bits per heavy atom. The standard InChI is InChI=1S/C13H28N2/c1-2-12(10-14)11-15-9-8-13-6-4-3-5-7-13/h12-13,15H,2-11,14H2,1H3. The van der Waals surface area contributed by atoms with Gasteiger partial charge in [0.2, 0.25) is 0 Å². The lowest BCUT2D eigenvalue weighted by molar-refractivity contribution is 0.329. The molecule has 1 fully saturated rings. The molecule has 0 aromatic heterocycles. The maximum absolute atomic E-state index is 5.67. The van der Waals surface area contributed by atoms with Crippen molar-refractivity contribution in [3.05, 3.63) is 0 Å². The highest BCUT2D eigenvalue weighted by molar-refractivity contribution is 4.68. The molecule has 2 nitrogen and oxygen atoms in total. The number of rotatable bonds is 7. The molecule has 90 valence electrons. The highest BCUT2D eigenvalue weighted by Crippen LogP contribution is 2.25. The smallest absolute Gasteiger partial charge is 0.000856 e. The van der Waals surface area contributed by atoms with E-state index < -0.39 is 0 Å². The van der Waals surface area contributed by atoms with Crippen LogP contribution in [0.2, 0.25) is 0 Å². The zero-order chi connectivity index (χ0) is 10.9. The maximum Gasteiger partial charge on any atom is -0.000856 e. The lowest BCUT2D eigenvalue weighted by atomic mass is 9.87. The predicted octanol–water partition coefficient (Wildman–Crippen LogP) is 2.53. The van der Waals surface area contributed by atoms with E-state index >= 15 is 0 Å². The Bertz CT molecular complexity index is 137. The number of nitrogens with two attached hydrogens (primary N) is 1. The average molecular weight is 212 g/mol. The van der Waals surface area contributed by atoms with Crippen molar-refractivity contribution in [1.82, 2.24) is 5.32 Å². The Hall–Kier alpha value is -0.0800. The molecule has 1 saturated carbocycles. The van der Waals surface area contributed by atoms with E-state index in [0.29, 0.717) is 5.92 Å². The van der Waals surface area contributed by atoms with Crippen LogP contribution in [-0.4, -0.2) is 19.6 Å². The Morgan fingerprint density at radius 2 is 2.00 bits per heavy atom. The minimum atomic E-state index is 0.677.